The van der Waals surface area contributed by atoms with Gasteiger partial charge in [0.25, 0.3) is 5.91 Å². The van der Waals surface area contributed by atoms with Gasteiger partial charge in [0.2, 0.25) is 0 Å². The van der Waals surface area contributed by atoms with Crippen LogP contribution in [-0.4, -0.2) is 22.2 Å². The zero-order valence-corrected chi connectivity index (χ0v) is 9.45. The molecule has 0 aliphatic carbocycles. The maximum absolute atomic E-state index is 11.7. The topological polar surface area (TPSA) is 72.9 Å². The van der Waals surface area contributed by atoms with Crippen LogP contribution in [0.1, 0.15) is 31.1 Å². The number of amides is 1. The summed E-state index contributed by atoms with van der Waals surface area (Å²) >= 11 is 0. The van der Waals surface area contributed by atoms with Crippen LogP contribution in [0.25, 0.3) is 0 Å². The Morgan fingerprint density at radius 2 is 2.33 bits per heavy atom. The van der Waals surface area contributed by atoms with Gasteiger partial charge in [0, 0.05) is 19.3 Å². The molecule has 1 aromatic heterocycles. The lowest BCUT2D eigenvalue weighted by molar-refractivity contribution is 0.0950. The predicted molar refractivity (Wildman–Crippen MR) is 59.5 cm³/mol. The second-order valence-corrected chi connectivity index (χ2v) is 3.89. The molecular weight excluding hydrogens is 192 g/mol. The molecule has 1 aromatic rings. The van der Waals surface area contributed by atoms with Crippen molar-refractivity contribution in [1.82, 2.24) is 15.1 Å². The van der Waals surface area contributed by atoms with E-state index in [9.17, 15) is 4.79 Å². The molecule has 1 amide bonds. The second kappa shape index (κ2) is 4.82. The van der Waals surface area contributed by atoms with Crippen LogP contribution in [0, 0.1) is 5.92 Å². The molecule has 84 valence electrons. The molecule has 1 heterocycles. The molecule has 0 radical (unpaired) electrons. The first-order chi connectivity index (χ1) is 7.04. The first-order valence-corrected chi connectivity index (χ1v) is 5.15. The molecule has 0 unspecified atom stereocenters. The highest BCUT2D eigenvalue weighted by Crippen LogP contribution is 2.08. The molecular formula is C10H18N4O. The summed E-state index contributed by atoms with van der Waals surface area (Å²) in [5.41, 5.74) is 6.09. The fourth-order valence-corrected chi connectivity index (χ4v) is 1.17. The Labute approximate surface area is 89.6 Å². The molecule has 5 heteroatoms. The molecule has 15 heavy (non-hydrogen) atoms. The average molecular weight is 210 g/mol. The first-order valence-electron chi connectivity index (χ1n) is 5.15. The van der Waals surface area contributed by atoms with E-state index in [0.29, 0.717) is 24.6 Å². The van der Waals surface area contributed by atoms with Crippen LogP contribution in [0.2, 0.25) is 0 Å². The van der Waals surface area contributed by atoms with E-state index in [4.69, 9.17) is 5.73 Å². The smallest absolute Gasteiger partial charge is 0.256 e. The molecule has 1 rings (SSSR count). The first kappa shape index (κ1) is 11.6. The summed E-state index contributed by atoms with van der Waals surface area (Å²) in [6, 6.07) is 0. The number of carbonyl (C=O) groups excluding carboxylic acids is 1. The number of anilines is 1. The number of aromatic nitrogens is 2. The Kier molecular flexibility index (Phi) is 3.71. The Bertz CT molecular complexity index is 343. The van der Waals surface area contributed by atoms with Gasteiger partial charge < -0.3 is 11.1 Å². The van der Waals surface area contributed by atoms with Gasteiger partial charge >= 0.3 is 0 Å². The molecule has 0 spiro atoms. The molecule has 0 aliphatic rings. The van der Waals surface area contributed by atoms with Gasteiger partial charge in [-0.3, -0.25) is 9.48 Å². The minimum absolute atomic E-state index is 0.152. The number of rotatable bonds is 4. The van der Waals surface area contributed by atoms with Crippen LogP contribution < -0.4 is 11.1 Å². The number of hydrogen-bond donors (Lipinski definition) is 2. The summed E-state index contributed by atoms with van der Waals surface area (Å²) in [4.78, 5) is 11.7. The van der Waals surface area contributed by atoms with E-state index in [1.165, 1.54) is 0 Å². The number of carbonyl (C=O) groups is 1. The molecule has 0 fully saturated rings. The Hall–Kier alpha value is -1.52. The van der Waals surface area contributed by atoms with Gasteiger partial charge in [-0.05, 0) is 12.8 Å². The third-order valence-corrected chi connectivity index (χ3v) is 2.03. The van der Waals surface area contributed by atoms with Gasteiger partial charge in [-0.2, -0.15) is 5.10 Å². The maximum atomic E-state index is 11.7. The summed E-state index contributed by atoms with van der Waals surface area (Å²) in [7, 11) is 0. The number of hydrogen-bond acceptors (Lipinski definition) is 3. The van der Waals surface area contributed by atoms with Gasteiger partial charge in [-0.15, -0.1) is 0 Å². The summed E-state index contributed by atoms with van der Waals surface area (Å²) in [6.45, 7) is 7.39. The van der Waals surface area contributed by atoms with E-state index in [2.05, 4.69) is 10.4 Å². The SMILES string of the molecule is CCn1cc(C(=O)NCC(C)C)c(N)n1. The quantitative estimate of drug-likeness (QED) is 0.774. The van der Waals surface area contributed by atoms with Crippen LogP contribution in [0.15, 0.2) is 6.20 Å². The predicted octanol–water partition coefficient (Wildman–Crippen LogP) is 0.871. The molecule has 5 nitrogen and oxygen atoms in total. The lowest BCUT2D eigenvalue weighted by Gasteiger charge is -2.06. The van der Waals surface area contributed by atoms with Crippen molar-refractivity contribution < 1.29 is 4.79 Å². The number of nitrogen functional groups attached to an aromatic ring is 1. The number of nitrogens with two attached hydrogens (primary N) is 1. The van der Waals surface area contributed by atoms with Gasteiger partial charge in [0.05, 0.1) is 0 Å². The molecule has 0 saturated heterocycles. The molecule has 0 aromatic carbocycles. The summed E-state index contributed by atoms with van der Waals surface area (Å²) in [6.07, 6.45) is 1.67. The van der Waals surface area contributed by atoms with Crippen molar-refractivity contribution in [2.24, 2.45) is 5.92 Å². The van der Waals surface area contributed by atoms with Crippen molar-refractivity contribution in [3.8, 4) is 0 Å². The van der Waals surface area contributed by atoms with Gasteiger partial charge in [-0.1, -0.05) is 13.8 Å². The third-order valence-electron chi connectivity index (χ3n) is 2.03. The van der Waals surface area contributed by atoms with E-state index < -0.39 is 0 Å². The average Bonchev–Trinajstić information content (AvgIpc) is 2.56. The van der Waals surface area contributed by atoms with Crippen LogP contribution in [0.4, 0.5) is 5.82 Å². The van der Waals surface area contributed by atoms with E-state index >= 15 is 0 Å². The summed E-state index contributed by atoms with van der Waals surface area (Å²) in [5.74, 6) is 0.565. The van der Waals surface area contributed by atoms with Crippen LogP contribution in [0.3, 0.4) is 0 Å². The highest BCUT2D eigenvalue weighted by Gasteiger charge is 2.13. The van der Waals surface area contributed by atoms with Crippen molar-refractivity contribution in [1.29, 1.82) is 0 Å². The normalized spacial score (nSPS) is 10.7. The van der Waals surface area contributed by atoms with E-state index in [0.717, 1.165) is 0 Å². The third kappa shape index (κ3) is 2.97. The Morgan fingerprint density at radius 1 is 1.67 bits per heavy atom. The molecule has 0 aliphatic heterocycles. The monoisotopic (exact) mass is 210 g/mol. The zero-order chi connectivity index (χ0) is 11.4. The van der Waals surface area contributed by atoms with Crippen molar-refractivity contribution in [2.45, 2.75) is 27.3 Å². The highest BCUT2D eigenvalue weighted by molar-refractivity contribution is 5.98. The molecule has 0 saturated carbocycles. The van der Waals surface area contributed by atoms with E-state index in [1.54, 1.807) is 10.9 Å². The van der Waals surface area contributed by atoms with E-state index in [1.807, 2.05) is 20.8 Å². The largest absolute Gasteiger partial charge is 0.382 e. The number of nitrogens with one attached hydrogen (secondary N) is 1. The van der Waals surface area contributed by atoms with E-state index in [-0.39, 0.29) is 11.7 Å². The minimum Gasteiger partial charge on any atom is -0.382 e. The van der Waals surface area contributed by atoms with Crippen LogP contribution in [0.5, 0.6) is 0 Å². The van der Waals surface area contributed by atoms with Crippen molar-refractivity contribution in [2.75, 3.05) is 12.3 Å². The van der Waals surface area contributed by atoms with Crippen molar-refractivity contribution in [3.05, 3.63) is 11.8 Å². The lowest BCUT2D eigenvalue weighted by atomic mass is 10.2. The Morgan fingerprint density at radius 3 is 2.80 bits per heavy atom. The zero-order valence-electron chi connectivity index (χ0n) is 9.45. The molecule has 3 N–H and O–H groups in total. The second-order valence-electron chi connectivity index (χ2n) is 3.89. The van der Waals surface area contributed by atoms with Gasteiger partial charge in [0.15, 0.2) is 5.82 Å². The standard InChI is InChI=1S/C10H18N4O/c1-4-14-6-8(9(11)13-14)10(15)12-5-7(2)3/h6-7H,4-5H2,1-3H3,(H2,11,13)(H,12,15). The van der Waals surface area contributed by atoms with Crippen LogP contribution >= 0.6 is 0 Å². The summed E-state index contributed by atoms with van der Waals surface area (Å²) in [5, 5.41) is 6.82. The number of nitrogens with zero attached hydrogens (tertiary/aromatic N) is 2. The number of aryl methyl sites for hydroxylation is 1. The van der Waals surface area contributed by atoms with Crippen LogP contribution in [-0.2, 0) is 6.54 Å². The minimum atomic E-state index is -0.152. The molecule has 0 bridgehead atoms. The fourth-order valence-electron chi connectivity index (χ4n) is 1.17. The lowest BCUT2D eigenvalue weighted by Crippen LogP contribution is -2.27. The van der Waals surface area contributed by atoms with Crippen molar-refractivity contribution in [3.63, 3.8) is 0 Å². The highest BCUT2D eigenvalue weighted by atomic mass is 16.1. The fraction of sp³-hybridized carbons (Fsp3) is 0.600. The maximum Gasteiger partial charge on any atom is 0.256 e. The molecule has 0 atom stereocenters. The van der Waals surface area contributed by atoms with Gasteiger partial charge in [0.1, 0.15) is 5.56 Å². The van der Waals surface area contributed by atoms with Crippen molar-refractivity contribution >= 4 is 11.7 Å². The van der Waals surface area contributed by atoms with Gasteiger partial charge in [-0.25, -0.2) is 0 Å². The summed E-state index contributed by atoms with van der Waals surface area (Å²) < 4.78 is 1.65. The Balaban J connectivity index is 2.68.